The number of nitrogens with zero attached hydrogens (tertiary/aromatic N) is 2. The van der Waals surface area contributed by atoms with Gasteiger partial charge in [0.25, 0.3) is 5.56 Å². The fraction of sp³-hybridized carbons (Fsp3) is 0.286. The van der Waals surface area contributed by atoms with Gasteiger partial charge in [-0.3, -0.25) is 14.2 Å². The largest absolute Gasteiger partial charge is 0.497 e. The van der Waals surface area contributed by atoms with Gasteiger partial charge in [-0.05, 0) is 43.7 Å². The highest BCUT2D eigenvalue weighted by molar-refractivity contribution is 8.00. The van der Waals surface area contributed by atoms with Gasteiger partial charge >= 0.3 is 0 Å². The summed E-state index contributed by atoms with van der Waals surface area (Å²) in [6.07, 6.45) is 0. The molecule has 6 nitrogen and oxygen atoms in total. The molecule has 0 aliphatic heterocycles. The van der Waals surface area contributed by atoms with E-state index in [9.17, 15) is 9.59 Å². The lowest BCUT2D eigenvalue weighted by molar-refractivity contribution is -0.120. The second kappa shape index (κ2) is 8.93. The Morgan fingerprint density at radius 1 is 1.21 bits per heavy atom. The molecule has 0 radical (unpaired) electrons. The number of rotatable bonds is 7. The van der Waals surface area contributed by atoms with E-state index in [0.717, 1.165) is 11.3 Å². The summed E-state index contributed by atoms with van der Waals surface area (Å²) < 4.78 is 6.75. The molecule has 0 bridgehead atoms. The van der Waals surface area contributed by atoms with Crippen LogP contribution in [-0.2, 0) is 17.9 Å². The molecule has 1 heterocycles. The molecule has 1 N–H and O–H groups in total. The zero-order chi connectivity index (χ0) is 20.1. The maximum atomic E-state index is 12.7. The van der Waals surface area contributed by atoms with Crippen molar-refractivity contribution in [2.45, 2.75) is 37.3 Å². The van der Waals surface area contributed by atoms with E-state index in [0.29, 0.717) is 29.1 Å². The summed E-state index contributed by atoms with van der Waals surface area (Å²) in [5.41, 5.74) is 1.55. The monoisotopic (exact) mass is 397 g/mol. The summed E-state index contributed by atoms with van der Waals surface area (Å²) in [6, 6.07) is 14.8. The number of ether oxygens (including phenoxy) is 1. The van der Waals surface area contributed by atoms with E-state index >= 15 is 0 Å². The molecule has 0 saturated heterocycles. The van der Waals surface area contributed by atoms with Crippen LogP contribution in [0, 0.1) is 0 Å². The summed E-state index contributed by atoms with van der Waals surface area (Å²) >= 11 is 1.29. The number of amides is 1. The second-order valence-corrected chi connectivity index (χ2v) is 7.59. The standard InChI is InChI=1S/C21H23N3O3S/c1-4-24-20(26)17-7-5-6-8-18(17)23-21(24)28-14(2)19(25)22-13-15-9-11-16(27-3)12-10-15/h5-12,14H,4,13H2,1-3H3,(H,22,25)/t14-/m0/s1. The van der Waals surface area contributed by atoms with Gasteiger partial charge in [-0.1, -0.05) is 36.0 Å². The molecule has 2 aromatic carbocycles. The Kier molecular flexibility index (Phi) is 6.36. The first-order chi connectivity index (χ1) is 13.5. The number of hydrogen-bond acceptors (Lipinski definition) is 5. The summed E-state index contributed by atoms with van der Waals surface area (Å²) in [6.45, 7) is 4.64. The molecular formula is C21H23N3O3S. The molecule has 1 aromatic heterocycles. The number of para-hydroxylation sites is 1. The number of benzene rings is 2. The van der Waals surface area contributed by atoms with Crippen molar-refractivity contribution >= 4 is 28.6 Å². The molecule has 0 fully saturated rings. The molecular weight excluding hydrogens is 374 g/mol. The molecule has 0 unspecified atom stereocenters. The topological polar surface area (TPSA) is 73.2 Å². The van der Waals surface area contributed by atoms with Crippen molar-refractivity contribution in [3.05, 3.63) is 64.4 Å². The summed E-state index contributed by atoms with van der Waals surface area (Å²) in [7, 11) is 1.62. The van der Waals surface area contributed by atoms with E-state index < -0.39 is 0 Å². The second-order valence-electron chi connectivity index (χ2n) is 6.29. The summed E-state index contributed by atoms with van der Waals surface area (Å²) in [5.74, 6) is 0.671. The molecule has 1 amide bonds. The molecule has 0 saturated carbocycles. The van der Waals surface area contributed by atoms with Gasteiger partial charge in [0.2, 0.25) is 5.91 Å². The third-order valence-corrected chi connectivity index (χ3v) is 5.51. The summed E-state index contributed by atoms with van der Waals surface area (Å²) in [5, 5.41) is 3.69. The minimum atomic E-state index is -0.385. The average molecular weight is 398 g/mol. The van der Waals surface area contributed by atoms with Crippen molar-refractivity contribution in [2.75, 3.05) is 7.11 Å². The number of thioether (sulfide) groups is 1. The third kappa shape index (κ3) is 4.36. The smallest absolute Gasteiger partial charge is 0.262 e. The average Bonchev–Trinajstić information content (AvgIpc) is 2.72. The maximum absolute atomic E-state index is 12.7. The molecule has 1 atom stereocenters. The van der Waals surface area contributed by atoms with Gasteiger partial charge in [0, 0.05) is 13.1 Å². The normalized spacial score (nSPS) is 12.0. The molecule has 146 valence electrons. The number of fused-ring (bicyclic) bond motifs is 1. The van der Waals surface area contributed by atoms with Crippen molar-refractivity contribution in [1.29, 1.82) is 0 Å². The first-order valence-corrected chi connectivity index (χ1v) is 9.98. The van der Waals surface area contributed by atoms with E-state index in [1.807, 2.05) is 56.3 Å². The zero-order valence-electron chi connectivity index (χ0n) is 16.1. The van der Waals surface area contributed by atoms with Crippen LogP contribution < -0.4 is 15.6 Å². The lowest BCUT2D eigenvalue weighted by Gasteiger charge is -2.15. The van der Waals surface area contributed by atoms with E-state index in [1.54, 1.807) is 17.7 Å². The number of carbonyl (C=O) groups is 1. The van der Waals surface area contributed by atoms with Crippen molar-refractivity contribution in [3.8, 4) is 5.75 Å². The van der Waals surface area contributed by atoms with Crippen molar-refractivity contribution in [3.63, 3.8) is 0 Å². The van der Waals surface area contributed by atoms with Gasteiger partial charge < -0.3 is 10.1 Å². The Bertz CT molecular complexity index is 1030. The van der Waals surface area contributed by atoms with Crippen LogP contribution >= 0.6 is 11.8 Å². The Labute approximate surface area is 167 Å². The van der Waals surface area contributed by atoms with Crippen LogP contribution in [0.3, 0.4) is 0 Å². The SMILES string of the molecule is CCn1c(S[C@@H](C)C(=O)NCc2ccc(OC)cc2)nc2ccccc2c1=O. The van der Waals surface area contributed by atoms with Crippen LogP contribution in [0.2, 0.25) is 0 Å². The quantitative estimate of drug-likeness (QED) is 0.489. The molecule has 0 aliphatic carbocycles. The minimum Gasteiger partial charge on any atom is -0.497 e. The minimum absolute atomic E-state index is 0.0820. The highest BCUT2D eigenvalue weighted by atomic mass is 32.2. The van der Waals surface area contributed by atoms with Gasteiger partial charge in [0.05, 0.1) is 23.3 Å². The number of nitrogens with one attached hydrogen (secondary N) is 1. The number of hydrogen-bond donors (Lipinski definition) is 1. The Morgan fingerprint density at radius 2 is 1.93 bits per heavy atom. The predicted molar refractivity (Wildman–Crippen MR) is 112 cm³/mol. The fourth-order valence-electron chi connectivity index (χ4n) is 2.80. The molecule has 0 spiro atoms. The van der Waals surface area contributed by atoms with E-state index in [4.69, 9.17) is 4.74 Å². The van der Waals surface area contributed by atoms with Crippen LogP contribution in [0.5, 0.6) is 5.75 Å². The van der Waals surface area contributed by atoms with Crippen molar-refractivity contribution < 1.29 is 9.53 Å². The van der Waals surface area contributed by atoms with Crippen LogP contribution in [0.15, 0.2) is 58.5 Å². The highest BCUT2D eigenvalue weighted by Crippen LogP contribution is 2.22. The Morgan fingerprint density at radius 3 is 2.61 bits per heavy atom. The molecule has 7 heteroatoms. The van der Waals surface area contributed by atoms with Crippen LogP contribution in [0.4, 0.5) is 0 Å². The fourth-order valence-corrected chi connectivity index (χ4v) is 3.80. The van der Waals surface area contributed by atoms with E-state index in [1.165, 1.54) is 11.8 Å². The number of aromatic nitrogens is 2. The maximum Gasteiger partial charge on any atom is 0.262 e. The van der Waals surface area contributed by atoms with Gasteiger partial charge in [0.15, 0.2) is 5.16 Å². The first-order valence-electron chi connectivity index (χ1n) is 9.10. The highest BCUT2D eigenvalue weighted by Gasteiger charge is 2.18. The van der Waals surface area contributed by atoms with Crippen LogP contribution in [-0.4, -0.2) is 27.8 Å². The predicted octanol–water partition coefficient (Wildman–Crippen LogP) is 3.22. The Balaban J connectivity index is 1.71. The molecule has 28 heavy (non-hydrogen) atoms. The van der Waals surface area contributed by atoms with Gasteiger partial charge in [-0.15, -0.1) is 0 Å². The molecule has 0 aliphatic rings. The summed E-state index contributed by atoms with van der Waals surface area (Å²) in [4.78, 5) is 29.8. The third-order valence-electron chi connectivity index (χ3n) is 4.42. The first kappa shape index (κ1) is 19.9. The van der Waals surface area contributed by atoms with Crippen molar-refractivity contribution in [2.24, 2.45) is 0 Å². The lowest BCUT2D eigenvalue weighted by atomic mass is 10.2. The van der Waals surface area contributed by atoms with Gasteiger partial charge in [0.1, 0.15) is 5.75 Å². The number of methoxy groups -OCH3 is 1. The zero-order valence-corrected chi connectivity index (χ0v) is 17.0. The van der Waals surface area contributed by atoms with E-state index in [-0.39, 0.29) is 16.7 Å². The Hall–Kier alpha value is -2.80. The van der Waals surface area contributed by atoms with Gasteiger partial charge in [-0.2, -0.15) is 0 Å². The van der Waals surface area contributed by atoms with Gasteiger partial charge in [-0.25, -0.2) is 4.98 Å². The van der Waals surface area contributed by atoms with Crippen LogP contribution in [0.25, 0.3) is 10.9 Å². The van der Waals surface area contributed by atoms with Crippen LogP contribution in [0.1, 0.15) is 19.4 Å². The molecule has 3 rings (SSSR count). The lowest BCUT2D eigenvalue weighted by Crippen LogP contribution is -2.31. The van der Waals surface area contributed by atoms with E-state index in [2.05, 4.69) is 10.3 Å². The molecule has 3 aromatic rings. The number of carbonyl (C=O) groups excluding carboxylic acids is 1. The van der Waals surface area contributed by atoms with Crippen molar-refractivity contribution in [1.82, 2.24) is 14.9 Å².